The Morgan fingerprint density at radius 3 is 1.07 bits per heavy atom. The summed E-state index contributed by atoms with van der Waals surface area (Å²) in [6.07, 6.45) is 0. The largest absolute Gasteiger partial charge is 0.436 e. The standard InChI is InChI=1S/C53H32N6O2/c1-5-13-45-41(9-1)42-10-2-6-14-46(42)59(45)40-31-29-34(30-32-40)33-17-19-35(20-18-33)49-56-50(36-21-25-38(26-22-36)52-54-43-11-3-7-15-47(43)60-52)58-51(57-49)37-23-27-39(28-24-37)53-55-44-12-4-8-16-48(44)61-53/h1-32H. The highest BCUT2D eigenvalue weighted by molar-refractivity contribution is 6.09. The molecule has 0 aliphatic carbocycles. The minimum absolute atomic E-state index is 0.553. The number of oxazole rings is 2. The molecule has 0 aliphatic heterocycles. The summed E-state index contributed by atoms with van der Waals surface area (Å²) < 4.78 is 14.4. The van der Waals surface area contributed by atoms with Crippen LogP contribution in [-0.2, 0) is 0 Å². The van der Waals surface area contributed by atoms with Crippen LogP contribution in [-0.4, -0.2) is 29.5 Å². The van der Waals surface area contributed by atoms with Gasteiger partial charge in [0.2, 0.25) is 11.8 Å². The van der Waals surface area contributed by atoms with E-state index in [2.05, 4.69) is 112 Å². The highest BCUT2D eigenvalue weighted by atomic mass is 16.4. The van der Waals surface area contributed by atoms with E-state index in [1.54, 1.807) is 0 Å². The van der Waals surface area contributed by atoms with Crippen molar-refractivity contribution in [1.29, 1.82) is 0 Å². The number of fused-ring (bicyclic) bond motifs is 5. The molecule has 0 unspecified atom stereocenters. The molecule has 0 fully saturated rings. The van der Waals surface area contributed by atoms with Gasteiger partial charge in [-0.05, 0) is 83.9 Å². The molecule has 0 aliphatic rings. The van der Waals surface area contributed by atoms with Crippen molar-refractivity contribution >= 4 is 44.0 Å². The number of nitrogens with zero attached hydrogens (tertiary/aromatic N) is 6. The Bertz CT molecular complexity index is 3310. The molecule has 0 amide bonds. The average molecular weight is 785 g/mol. The van der Waals surface area contributed by atoms with Gasteiger partial charge in [-0.1, -0.05) is 121 Å². The quantitative estimate of drug-likeness (QED) is 0.159. The Morgan fingerprint density at radius 2 is 0.639 bits per heavy atom. The van der Waals surface area contributed by atoms with E-state index in [1.807, 2.05) is 97.1 Å². The van der Waals surface area contributed by atoms with E-state index in [0.717, 1.165) is 66.8 Å². The molecule has 4 aromatic heterocycles. The number of hydrogen-bond acceptors (Lipinski definition) is 7. The number of benzene rings is 8. The average Bonchev–Trinajstić information content (AvgIpc) is 4.06. The summed E-state index contributed by atoms with van der Waals surface area (Å²) in [6, 6.07) is 65.7. The van der Waals surface area contributed by atoms with Crippen molar-refractivity contribution < 1.29 is 8.83 Å². The second kappa shape index (κ2) is 14.1. The Balaban J connectivity index is 0.888. The summed E-state index contributed by atoms with van der Waals surface area (Å²) in [6.45, 7) is 0. The fraction of sp³-hybridized carbons (Fsp3) is 0. The molecular formula is C53H32N6O2. The lowest BCUT2D eigenvalue weighted by atomic mass is 10.0. The van der Waals surface area contributed by atoms with Crippen molar-refractivity contribution in [1.82, 2.24) is 29.5 Å². The van der Waals surface area contributed by atoms with Gasteiger partial charge in [0.25, 0.3) is 0 Å². The lowest BCUT2D eigenvalue weighted by Crippen LogP contribution is -2.00. The molecule has 0 radical (unpaired) electrons. The van der Waals surface area contributed by atoms with Gasteiger partial charge in [0, 0.05) is 44.3 Å². The maximum Gasteiger partial charge on any atom is 0.227 e. The van der Waals surface area contributed by atoms with E-state index in [-0.39, 0.29) is 0 Å². The summed E-state index contributed by atoms with van der Waals surface area (Å²) in [7, 11) is 0. The van der Waals surface area contributed by atoms with Gasteiger partial charge in [-0.2, -0.15) is 0 Å². The molecule has 0 spiro atoms. The Kier molecular flexibility index (Phi) is 7.99. The van der Waals surface area contributed by atoms with Gasteiger partial charge in [-0.15, -0.1) is 0 Å². The van der Waals surface area contributed by atoms with Crippen LogP contribution in [0.5, 0.6) is 0 Å². The van der Waals surface area contributed by atoms with E-state index < -0.39 is 0 Å². The number of hydrogen-bond donors (Lipinski definition) is 0. The van der Waals surface area contributed by atoms with Crippen LogP contribution >= 0.6 is 0 Å². The molecule has 8 nitrogen and oxygen atoms in total. The molecule has 61 heavy (non-hydrogen) atoms. The van der Waals surface area contributed by atoms with E-state index in [0.29, 0.717) is 29.3 Å². The Morgan fingerprint density at radius 1 is 0.295 bits per heavy atom. The van der Waals surface area contributed by atoms with Crippen LogP contribution < -0.4 is 0 Å². The molecule has 286 valence electrons. The maximum atomic E-state index is 6.04. The molecule has 4 heterocycles. The number of para-hydroxylation sites is 6. The van der Waals surface area contributed by atoms with E-state index >= 15 is 0 Å². The molecular weight excluding hydrogens is 753 g/mol. The Hall–Kier alpha value is -8.49. The maximum absolute atomic E-state index is 6.04. The molecule has 8 aromatic carbocycles. The van der Waals surface area contributed by atoms with Crippen molar-refractivity contribution in [2.75, 3.05) is 0 Å². The van der Waals surface area contributed by atoms with Crippen LogP contribution in [0.15, 0.2) is 203 Å². The monoisotopic (exact) mass is 784 g/mol. The number of rotatable bonds is 7. The lowest BCUT2D eigenvalue weighted by molar-refractivity contribution is 0.619. The first-order chi connectivity index (χ1) is 30.2. The molecule has 8 heteroatoms. The van der Waals surface area contributed by atoms with Crippen LogP contribution in [0.1, 0.15) is 0 Å². The van der Waals surface area contributed by atoms with Gasteiger partial charge in [-0.3, -0.25) is 0 Å². The zero-order valence-corrected chi connectivity index (χ0v) is 32.5. The van der Waals surface area contributed by atoms with Gasteiger partial charge < -0.3 is 13.4 Å². The molecule has 0 saturated carbocycles. The normalized spacial score (nSPS) is 11.6. The van der Waals surface area contributed by atoms with Crippen molar-refractivity contribution in [3.05, 3.63) is 194 Å². The van der Waals surface area contributed by atoms with Crippen molar-refractivity contribution in [3.8, 4) is 73.9 Å². The molecule has 12 aromatic rings. The third-order valence-electron chi connectivity index (χ3n) is 11.2. The summed E-state index contributed by atoms with van der Waals surface area (Å²) in [4.78, 5) is 24.4. The SMILES string of the molecule is c1ccc2oc(-c3ccc(-c4nc(-c5ccc(-c6ccc(-n7c8ccccc8c8ccccc87)cc6)cc5)nc(-c5ccc(-c6nc7ccccc7o6)cc5)n4)cc3)nc2c1. The summed E-state index contributed by atoms with van der Waals surface area (Å²) in [5, 5.41) is 2.49. The highest BCUT2D eigenvalue weighted by Gasteiger charge is 2.16. The van der Waals surface area contributed by atoms with Crippen molar-refractivity contribution in [2.24, 2.45) is 0 Å². The first-order valence-corrected chi connectivity index (χ1v) is 20.1. The zero-order chi connectivity index (χ0) is 40.3. The van der Waals surface area contributed by atoms with Gasteiger partial charge in [0.15, 0.2) is 28.6 Å². The van der Waals surface area contributed by atoms with Crippen molar-refractivity contribution in [2.45, 2.75) is 0 Å². The third-order valence-corrected chi connectivity index (χ3v) is 11.2. The van der Waals surface area contributed by atoms with E-state index in [9.17, 15) is 0 Å². The predicted octanol–water partition coefficient (Wildman–Crippen LogP) is 13.3. The second-order valence-electron chi connectivity index (χ2n) is 14.9. The molecule has 12 rings (SSSR count). The summed E-state index contributed by atoms with van der Waals surface area (Å²) >= 11 is 0. The summed E-state index contributed by atoms with van der Waals surface area (Å²) in [5.41, 5.74) is 13.1. The van der Waals surface area contributed by atoms with Crippen LogP contribution in [0.2, 0.25) is 0 Å². The molecule has 0 N–H and O–H groups in total. The molecule has 0 bridgehead atoms. The Labute approximate surface area is 349 Å². The smallest absolute Gasteiger partial charge is 0.227 e. The van der Waals surface area contributed by atoms with Crippen molar-refractivity contribution in [3.63, 3.8) is 0 Å². The van der Waals surface area contributed by atoms with Gasteiger partial charge in [-0.25, -0.2) is 24.9 Å². The van der Waals surface area contributed by atoms with Crippen LogP contribution in [0.25, 0.3) is 118 Å². The predicted molar refractivity (Wildman–Crippen MR) is 242 cm³/mol. The van der Waals surface area contributed by atoms with E-state index in [1.165, 1.54) is 21.8 Å². The minimum atomic E-state index is 0.553. The fourth-order valence-electron chi connectivity index (χ4n) is 8.09. The fourth-order valence-corrected chi connectivity index (χ4v) is 8.09. The third kappa shape index (κ3) is 6.13. The molecule has 0 atom stereocenters. The van der Waals surface area contributed by atoms with Crippen LogP contribution in [0.4, 0.5) is 0 Å². The first kappa shape index (κ1) is 34.5. The van der Waals surface area contributed by atoms with Crippen LogP contribution in [0.3, 0.4) is 0 Å². The van der Waals surface area contributed by atoms with Crippen LogP contribution in [0, 0.1) is 0 Å². The second-order valence-corrected chi connectivity index (χ2v) is 14.9. The van der Waals surface area contributed by atoms with Gasteiger partial charge in [0.1, 0.15) is 11.0 Å². The van der Waals surface area contributed by atoms with Gasteiger partial charge >= 0.3 is 0 Å². The topological polar surface area (TPSA) is 95.7 Å². The highest BCUT2D eigenvalue weighted by Crippen LogP contribution is 2.34. The molecule has 0 saturated heterocycles. The lowest BCUT2D eigenvalue weighted by Gasteiger charge is -2.11. The first-order valence-electron chi connectivity index (χ1n) is 20.1. The van der Waals surface area contributed by atoms with Gasteiger partial charge in [0.05, 0.1) is 11.0 Å². The van der Waals surface area contributed by atoms with E-state index in [4.69, 9.17) is 23.8 Å². The zero-order valence-electron chi connectivity index (χ0n) is 32.5. The number of aromatic nitrogens is 6. The minimum Gasteiger partial charge on any atom is -0.436 e. The summed E-state index contributed by atoms with van der Waals surface area (Å²) in [5.74, 6) is 2.79.